The molecule has 4 heterocycles. The molecular weight excluding hydrogens is 459 g/mol. The maximum absolute atomic E-state index is 14.5. The molecule has 0 aliphatic carbocycles. The fourth-order valence-corrected chi connectivity index (χ4v) is 4.53. The van der Waals surface area contributed by atoms with Gasteiger partial charge in [-0.1, -0.05) is 0 Å². The molecule has 1 aromatic carbocycles. The van der Waals surface area contributed by atoms with Gasteiger partial charge in [-0.25, -0.2) is 28.0 Å². The van der Waals surface area contributed by atoms with Crippen LogP contribution in [0.5, 0.6) is 0 Å². The molecule has 0 N–H and O–H groups in total. The third-order valence-electron chi connectivity index (χ3n) is 6.25. The van der Waals surface area contributed by atoms with E-state index in [0.29, 0.717) is 49.7 Å². The molecule has 0 radical (unpaired) electrons. The normalized spacial score (nSPS) is 18.0. The van der Waals surface area contributed by atoms with Crippen LogP contribution in [0.4, 0.5) is 23.8 Å². The van der Waals surface area contributed by atoms with E-state index in [2.05, 4.69) is 15.2 Å². The number of halogens is 3. The SMILES string of the molecule is Cc1cc(-c2nc(N3CCN(C(=O)N4N=CC[C@H]4c4cc(F)cc(F)c4)CC3)ccc2F)n(C)n1. The fraction of sp³-hybridized carbons (Fsp3) is 0.333. The van der Waals surface area contributed by atoms with Gasteiger partial charge in [-0.3, -0.25) is 4.68 Å². The first kappa shape index (κ1) is 22.9. The molecule has 1 fully saturated rings. The standard InChI is InChI=1S/C24H24F3N7O/c1-15-11-21(31(2)30-15)23-19(27)3-4-22(29-23)32-7-9-33(10-8-32)24(35)34-20(5-6-28-34)16-12-17(25)14-18(26)13-16/h3-4,6,11-14,20H,5,7-10H2,1-2H3/t20-/m0/s1. The largest absolute Gasteiger partial charge is 0.353 e. The van der Waals surface area contributed by atoms with Crippen molar-refractivity contribution in [1.29, 1.82) is 0 Å². The summed E-state index contributed by atoms with van der Waals surface area (Å²) in [5, 5.41) is 9.72. The van der Waals surface area contributed by atoms with Crippen molar-refractivity contribution in [2.75, 3.05) is 31.1 Å². The van der Waals surface area contributed by atoms with Crippen molar-refractivity contribution in [1.82, 2.24) is 24.7 Å². The zero-order valence-corrected chi connectivity index (χ0v) is 19.3. The molecular formula is C24H24F3N7O. The van der Waals surface area contributed by atoms with Crippen molar-refractivity contribution < 1.29 is 18.0 Å². The van der Waals surface area contributed by atoms with E-state index < -0.39 is 23.5 Å². The van der Waals surface area contributed by atoms with Crippen molar-refractivity contribution in [3.05, 3.63) is 65.1 Å². The third-order valence-corrected chi connectivity index (χ3v) is 6.25. The van der Waals surface area contributed by atoms with E-state index in [9.17, 15) is 18.0 Å². The van der Waals surface area contributed by atoms with Crippen molar-refractivity contribution in [3.63, 3.8) is 0 Å². The van der Waals surface area contributed by atoms with E-state index in [1.165, 1.54) is 23.2 Å². The summed E-state index contributed by atoms with van der Waals surface area (Å²) >= 11 is 0. The number of piperazine rings is 1. The van der Waals surface area contributed by atoms with Crippen molar-refractivity contribution >= 4 is 18.1 Å². The van der Waals surface area contributed by atoms with Gasteiger partial charge in [0.1, 0.15) is 23.1 Å². The predicted octanol–water partition coefficient (Wildman–Crippen LogP) is 3.88. The van der Waals surface area contributed by atoms with Crippen LogP contribution >= 0.6 is 0 Å². The molecule has 1 atom stereocenters. The minimum absolute atomic E-state index is 0.223. The molecule has 2 aliphatic heterocycles. The zero-order valence-electron chi connectivity index (χ0n) is 19.3. The van der Waals surface area contributed by atoms with E-state index in [4.69, 9.17) is 0 Å². The smallest absolute Gasteiger partial charge is 0.341 e. The number of anilines is 1. The van der Waals surface area contributed by atoms with Gasteiger partial charge in [0.15, 0.2) is 5.82 Å². The highest BCUT2D eigenvalue weighted by Gasteiger charge is 2.33. The number of pyridine rings is 1. The Hall–Kier alpha value is -3.89. The van der Waals surface area contributed by atoms with E-state index in [1.54, 1.807) is 35.0 Å². The number of amides is 2. The second-order valence-corrected chi connectivity index (χ2v) is 8.65. The first-order valence-corrected chi connectivity index (χ1v) is 11.3. The van der Waals surface area contributed by atoms with Crippen LogP contribution in [0.2, 0.25) is 0 Å². The minimum Gasteiger partial charge on any atom is -0.353 e. The summed E-state index contributed by atoms with van der Waals surface area (Å²) in [6.45, 7) is 3.61. The molecule has 0 unspecified atom stereocenters. The Morgan fingerprint density at radius 3 is 2.37 bits per heavy atom. The number of urea groups is 1. The molecule has 11 heteroatoms. The first-order chi connectivity index (χ1) is 16.8. The Morgan fingerprint density at radius 1 is 1.00 bits per heavy atom. The molecule has 35 heavy (non-hydrogen) atoms. The summed E-state index contributed by atoms with van der Waals surface area (Å²) in [4.78, 5) is 21.4. The number of carbonyl (C=O) groups is 1. The number of hydrogen-bond acceptors (Lipinski definition) is 5. The summed E-state index contributed by atoms with van der Waals surface area (Å²) in [5.41, 5.74) is 1.94. The van der Waals surface area contributed by atoms with Gasteiger partial charge in [0, 0.05) is 51.9 Å². The van der Waals surface area contributed by atoms with Crippen LogP contribution in [0.3, 0.4) is 0 Å². The summed E-state index contributed by atoms with van der Waals surface area (Å²) in [7, 11) is 1.74. The molecule has 1 saturated heterocycles. The summed E-state index contributed by atoms with van der Waals surface area (Å²) in [6.07, 6.45) is 1.95. The number of nitrogens with zero attached hydrogens (tertiary/aromatic N) is 7. The van der Waals surface area contributed by atoms with Crippen LogP contribution in [0, 0.1) is 24.4 Å². The second kappa shape index (κ2) is 9.05. The van der Waals surface area contributed by atoms with Gasteiger partial charge in [-0.05, 0) is 42.8 Å². The number of rotatable bonds is 3. The lowest BCUT2D eigenvalue weighted by Gasteiger charge is -2.37. The Balaban J connectivity index is 1.28. The van der Waals surface area contributed by atoms with Crippen LogP contribution in [0.1, 0.15) is 23.7 Å². The van der Waals surface area contributed by atoms with E-state index in [-0.39, 0.29) is 11.7 Å². The molecule has 182 valence electrons. The topological polar surface area (TPSA) is 69.9 Å². The monoisotopic (exact) mass is 483 g/mol. The van der Waals surface area contributed by atoms with Crippen LogP contribution in [0.25, 0.3) is 11.4 Å². The lowest BCUT2D eigenvalue weighted by molar-refractivity contribution is 0.139. The van der Waals surface area contributed by atoms with Crippen molar-refractivity contribution in [2.24, 2.45) is 12.1 Å². The average Bonchev–Trinajstić information content (AvgIpc) is 3.44. The van der Waals surface area contributed by atoms with E-state index >= 15 is 0 Å². The highest BCUT2D eigenvalue weighted by Crippen LogP contribution is 2.31. The highest BCUT2D eigenvalue weighted by atomic mass is 19.1. The lowest BCUT2D eigenvalue weighted by Crippen LogP contribution is -2.52. The van der Waals surface area contributed by atoms with Crippen LogP contribution in [-0.4, -0.2) is 63.1 Å². The van der Waals surface area contributed by atoms with Gasteiger partial charge < -0.3 is 9.80 Å². The molecule has 2 aromatic heterocycles. The molecule has 3 aromatic rings. The Kier molecular flexibility index (Phi) is 5.91. The van der Waals surface area contributed by atoms with Crippen LogP contribution in [-0.2, 0) is 7.05 Å². The predicted molar refractivity (Wildman–Crippen MR) is 124 cm³/mol. The van der Waals surface area contributed by atoms with Gasteiger partial charge in [-0.2, -0.15) is 10.2 Å². The van der Waals surface area contributed by atoms with Crippen LogP contribution in [0.15, 0.2) is 41.5 Å². The third kappa shape index (κ3) is 4.45. The van der Waals surface area contributed by atoms with Crippen molar-refractivity contribution in [2.45, 2.75) is 19.4 Å². The van der Waals surface area contributed by atoms with Gasteiger partial charge in [0.2, 0.25) is 0 Å². The maximum Gasteiger partial charge on any atom is 0.341 e. The maximum atomic E-state index is 14.5. The second-order valence-electron chi connectivity index (χ2n) is 8.65. The summed E-state index contributed by atoms with van der Waals surface area (Å²) in [6, 6.07) is 7.15. The van der Waals surface area contributed by atoms with E-state index in [1.807, 2.05) is 11.8 Å². The van der Waals surface area contributed by atoms with Gasteiger partial charge in [0.25, 0.3) is 0 Å². The fourth-order valence-electron chi connectivity index (χ4n) is 4.53. The lowest BCUT2D eigenvalue weighted by atomic mass is 10.0. The zero-order chi connectivity index (χ0) is 24.7. The quantitative estimate of drug-likeness (QED) is 0.567. The number of aromatic nitrogens is 3. The number of hydrazone groups is 1. The number of hydrogen-bond donors (Lipinski definition) is 0. The molecule has 0 saturated carbocycles. The summed E-state index contributed by atoms with van der Waals surface area (Å²) in [5.74, 6) is -1.21. The number of aryl methyl sites for hydroxylation is 2. The van der Waals surface area contributed by atoms with Gasteiger partial charge >= 0.3 is 6.03 Å². The average molecular weight is 483 g/mol. The van der Waals surface area contributed by atoms with E-state index in [0.717, 1.165) is 11.8 Å². The number of benzene rings is 1. The summed E-state index contributed by atoms with van der Waals surface area (Å²) < 4.78 is 43.6. The molecule has 2 aliphatic rings. The Bertz CT molecular complexity index is 1280. The van der Waals surface area contributed by atoms with Crippen molar-refractivity contribution in [3.8, 4) is 11.4 Å². The van der Waals surface area contributed by atoms with Crippen LogP contribution < -0.4 is 4.90 Å². The molecule has 0 spiro atoms. The highest BCUT2D eigenvalue weighted by molar-refractivity contribution is 5.79. The molecule has 0 bridgehead atoms. The molecule has 2 amide bonds. The van der Waals surface area contributed by atoms with Gasteiger partial charge in [0.05, 0.1) is 17.4 Å². The minimum atomic E-state index is -0.694. The molecule has 8 nitrogen and oxygen atoms in total. The number of carbonyl (C=O) groups excluding carboxylic acids is 1. The Labute approximate surface area is 200 Å². The molecule has 5 rings (SSSR count). The Morgan fingerprint density at radius 2 is 1.71 bits per heavy atom. The first-order valence-electron chi connectivity index (χ1n) is 11.3. The van der Waals surface area contributed by atoms with Gasteiger partial charge in [-0.15, -0.1) is 0 Å².